The number of benzene rings is 1. The van der Waals surface area contributed by atoms with Crippen LogP contribution in [0.25, 0.3) is 0 Å². The van der Waals surface area contributed by atoms with Crippen LogP contribution in [0.1, 0.15) is 19.3 Å². The van der Waals surface area contributed by atoms with Gasteiger partial charge in [-0.25, -0.2) is 13.1 Å². The molecule has 0 spiro atoms. The lowest BCUT2D eigenvalue weighted by Crippen LogP contribution is -2.43. The Morgan fingerprint density at radius 1 is 1.28 bits per heavy atom. The molecule has 0 radical (unpaired) electrons. The first kappa shape index (κ1) is 21.3. The molecule has 1 saturated heterocycles. The standard InChI is InChI=1S/C14H20N4O5S.ClH/c15-11-6-9-17(10-7-11)14(19)5-8-16-24(22,23)13-3-1-12(2-4-13)18(20)21;/h1-4,11,16H,5-10,15H2;1H. The molecule has 140 valence electrons. The van der Waals surface area contributed by atoms with Crippen molar-refractivity contribution in [2.24, 2.45) is 5.73 Å². The number of hydrogen-bond acceptors (Lipinski definition) is 6. The minimum atomic E-state index is -3.80. The number of hydrogen-bond donors (Lipinski definition) is 2. The van der Waals surface area contributed by atoms with Crippen molar-refractivity contribution in [3.8, 4) is 0 Å². The summed E-state index contributed by atoms with van der Waals surface area (Å²) < 4.78 is 26.5. The first-order valence-corrected chi connectivity index (χ1v) is 9.05. The van der Waals surface area contributed by atoms with Crippen LogP contribution in [0.4, 0.5) is 5.69 Å². The fourth-order valence-corrected chi connectivity index (χ4v) is 3.46. The summed E-state index contributed by atoms with van der Waals surface area (Å²) in [7, 11) is -3.80. The Hall–Kier alpha value is -1.75. The quantitative estimate of drug-likeness (QED) is 0.538. The van der Waals surface area contributed by atoms with Gasteiger partial charge < -0.3 is 10.6 Å². The summed E-state index contributed by atoms with van der Waals surface area (Å²) in [6, 6.07) is 4.69. The van der Waals surface area contributed by atoms with E-state index in [2.05, 4.69) is 4.72 Å². The van der Waals surface area contributed by atoms with Crippen molar-refractivity contribution in [2.75, 3.05) is 19.6 Å². The number of piperidine rings is 1. The number of nitrogens with two attached hydrogens (primary N) is 1. The monoisotopic (exact) mass is 392 g/mol. The van der Waals surface area contributed by atoms with Gasteiger partial charge in [0, 0.05) is 44.2 Å². The summed E-state index contributed by atoms with van der Waals surface area (Å²) in [4.78, 5) is 23.6. The van der Waals surface area contributed by atoms with Gasteiger partial charge in [-0.15, -0.1) is 12.4 Å². The van der Waals surface area contributed by atoms with E-state index in [4.69, 9.17) is 5.73 Å². The van der Waals surface area contributed by atoms with Crippen molar-refractivity contribution in [1.29, 1.82) is 0 Å². The van der Waals surface area contributed by atoms with Crippen molar-refractivity contribution < 1.29 is 18.1 Å². The molecule has 11 heteroatoms. The molecule has 1 amide bonds. The van der Waals surface area contributed by atoms with Crippen LogP contribution in [0.2, 0.25) is 0 Å². The Kier molecular flexibility index (Phi) is 7.74. The fourth-order valence-electron chi connectivity index (χ4n) is 2.43. The highest BCUT2D eigenvalue weighted by molar-refractivity contribution is 7.89. The lowest BCUT2D eigenvalue weighted by molar-refractivity contribution is -0.384. The smallest absolute Gasteiger partial charge is 0.269 e. The Morgan fingerprint density at radius 3 is 2.36 bits per heavy atom. The minimum Gasteiger partial charge on any atom is -0.343 e. The molecule has 1 aliphatic heterocycles. The van der Waals surface area contributed by atoms with E-state index in [0.29, 0.717) is 13.1 Å². The van der Waals surface area contributed by atoms with Gasteiger partial charge >= 0.3 is 0 Å². The predicted molar refractivity (Wildman–Crippen MR) is 93.9 cm³/mol. The highest BCUT2D eigenvalue weighted by Gasteiger charge is 2.21. The van der Waals surface area contributed by atoms with Crippen LogP contribution >= 0.6 is 12.4 Å². The van der Waals surface area contributed by atoms with Crippen LogP contribution in [0.5, 0.6) is 0 Å². The third-order valence-corrected chi connectivity index (χ3v) is 5.36. The molecule has 0 aromatic heterocycles. The molecule has 2 rings (SSSR count). The van der Waals surface area contributed by atoms with Crippen molar-refractivity contribution in [3.63, 3.8) is 0 Å². The molecular formula is C14H21ClN4O5S. The molecule has 25 heavy (non-hydrogen) atoms. The number of amides is 1. The number of nitrogens with one attached hydrogen (secondary N) is 1. The number of non-ortho nitro benzene ring substituents is 1. The third kappa shape index (κ3) is 5.92. The molecule has 1 aromatic rings. The number of rotatable bonds is 6. The van der Waals surface area contributed by atoms with Crippen LogP contribution < -0.4 is 10.5 Å². The second kappa shape index (κ2) is 9.09. The Morgan fingerprint density at radius 2 is 1.84 bits per heavy atom. The van der Waals surface area contributed by atoms with Crippen LogP contribution in [0.3, 0.4) is 0 Å². The number of sulfonamides is 1. The second-order valence-electron chi connectivity index (χ2n) is 5.62. The molecule has 3 N–H and O–H groups in total. The number of nitro groups is 1. The number of nitrogens with zero attached hydrogens (tertiary/aromatic N) is 2. The molecule has 0 aliphatic carbocycles. The van der Waals surface area contributed by atoms with Gasteiger partial charge in [0.1, 0.15) is 0 Å². The van der Waals surface area contributed by atoms with Crippen molar-refractivity contribution in [3.05, 3.63) is 34.4 Å². The SMILES string of the molecule is Cl.NC1CCN(C(=O)CCNS(=O)(=O)c2ccc([N+](=O)[O-])cc2)CC1. The number of halogens is 1. The third-order valence-electron chi connectivity index (χ3n) is 3.88. The molecule has 0 saturated carbocycles. The van der Waals surface area contributed by atoms with Crippen LogP contribution in [-0.2, 0) is 14.8 Å². The van der Waals surface area contributed by atoms with Gasteiger partial charge in [0.05, 0.1) is 9.82 Å². The summed E-state index contributed by atoms with van der Waals surface area (Å²) >= 11 is 0. The van der Waals surface area contributed by atoms with Gasteiger partial charge in [0.15, 0.2) is 0 Å². The molecule has 1 heterocycles. The van der Waals surface area contributed by atoms with E-state index in [1.165, 1.54) is 0 Å². The normalized spacial score (nSPS) is 15.5. The summed E-state index contributed by atoms with van der Waals surface area (Å²) in [5.74, 6) is -0.117. The van der Waals surface area contributed by atoms with Gasteiger partial charge in [-0.2, -0.15) is 0 Å². The summed E-state index contributed by atoms with van der Waals surface area (Å²) in [6.07, 6.45) is 1.56. The van der Waals surface area contributed by atoms with Gasteiger partial charge in [-0.3, -0.25) is 14.9 Å². The summed E-state index contributed by atoms with van der Waals surface area (Å²) in [5.41, 5.74) is 5.59. The molecule has 0 atom stereocenters. The average Bonchev–Trinajstić information content (AvgIpc) is 2.55. The van der Waals surface area contributed by atoms with E-state index in [9.17, 15) is 23.3 Å². The maximum atomic E-state index is 12.1. The maximum absolute atomic E-state index is 12.1. The first-order chi connectivity index (χ1) is 11.3. The lowest BCUT2D eigenvalue weighted by Gasteiger charge is -2.30. The molecule has 0 bridgehead atoms. The van der Waals surface area contributed by atoms with Crippen LogP contribution in [0, 0.1) is 10.1 Å². The molecule has 1 fully saturated rings. The lowest BCUT2D eigenvalue weighted by atomic mass is 10.1. The minimum absolute atomic E-state index is 0. The molecule has 1 aliphatic rings. The van der Waals surface area contributed by atoms with Gasteiger partial charge in [0.2, 0.25) is 15.9 Å². The Labute approximate surface area is 152 Å². The zero-order valence-corrected chi connectivity index (χ0v) is 15.1. The summed E-state index contributed by atoms with van der Waals surface area (Å²) in [6.45, 7) is 1.16. The fraction of sp³-hybridized carbons (Fsp3) is 0.500. The molecular weight excluding hydrogens is 372 g/mol. The molecule has 1 aromatic carbocycles. The second-order valence-corrected chi connectivity index (χ2v) is 7.38. The van der Waals surface area contributed by atoms with Crippen molar-refractivity contribution in [2.45, 2.75) is 30.2 Å². The zero-order chi connectivity index (χ0) is 17.7. The predicted octanol–water partition coefficient (Wildman–Crippen LogP) is 0.635. The Balaban J connectivity index is 0.00000312. The zero-order valence-electron chi connectivity index (χ0n) is 13.5. The van der Waals surface area contributed by atoms with E-state index in [1.54, 1.807) is 4.90 Å². The van der Waals surface area contributed by atoms with Crippen molar-refractivity contribution >= 4 is 34.0 Å². The van der Waals surface area contributed by atoms with E-state index in [0.717, 1.165) is 37.1 Å². The highest BCUT2D eigenvalue weighted by Crippen LogP contribution is 2.15. The van der Waals surface area contributed by atoms with Crippen LogP contribution in [-0.4, -0.2) is 49.8 Å². The van der Waals surface area contributed by atoms with Gasteiger partial charge in [-0.05, 0) is 25.0 Å². The van der Waals surface area contributed by atoms with E-state index < -0.39 is 14.9 Å². The van der Waals surface area contributed by atoms with Crippen molar-refractivity contribution in [1.82, 2.24) is 9.62 Å². The largest absolute Gasteiger partial charge is 0.343 e. The highest BCUT2D eigenvalue weighted by atomic mass is 35.5. The number of likely N-dealkylation sites (tertiary alicyclic amines) is 1. The van der Waals surface area contributed by atoms with Gasteiger partial charge in [-0.1, -0.05) is 0 Å². The maximum Gasteiger partial charge on any atom is 0.269 e. The number of carbonyl (C=O) groups excluding carboxylic acids is 1. The molecule has 9 nitrogen and oxygen atoms in total. The Bertz CT molecular complexity index is 702. The summed E-state index contributed by atoms with van der Waals surface area (Å²) in [5, 5.41) is 10.6. The molecule has 0 unspecified atom stereocenters. The van der Waals surface area contributed by atoms with E-state index in [1.807, 2.05) is 0 Å². The van der Waals surface area contributed by atoms with E-state index >= 15 is 0 Å². The van der Waals surface area contributed by atoms with Crippen LogP contribution in [0.15, 0.2) is 29.2 Å². The average molecular weight is 393 g/mol. The topological polar surface area (TPSA) is 136 Å². The number of carbonyl (C=O) groups is 1. The number of nitro benzene ring substituents is 1. The first-order valence-electron chi connectivity index (χ1n) is 7.57. The van der Waals surface area contributed by atoms with E-state index in [-0.39, 0.29) is 47.9 Å². The van der Waals surface area contributed by atoms with Gasteiger partial charge in [0.25, 0.3) is 5.69 Å².